The van der Waals surface area contributed by atoms with Crippen molar-refractivity contribution in [2.24, 2.45) is 5.92 Å². The molecule has 2 saturated heterocycles. The van der Waals surface area contributed by atoms with Crippen LogP contribution in [0.2, 0.25) is 0 Å². The summed E-state index contributed by atoms with van der Waals surface area (Å²) < 4.78 is 74.2. The van der Waals surface area contributed by atoms with Crippen molar-refractivity contribution in [2.45, 2.75) is 62.1 Å². The van der Waals surface area contributed by atoms with Gasteiger partial charge in [0.25, 0.3) is 0 Å². The normalized spacial score (nSPS) is 16.1. The number of piperidine rings is 1. The first kappa shape index (κ1) is 42.8. The Kier molecular flexibility index (Phi) is 14.8. The highest BCUT2D eigenvalue weighted by molar-refractivity contribution is 7.89. The number of nitriles is 1. The third kappa shape index (κ3) is 12.3. The van der Waals surface area contributed by atoms with E-state index in [-0.39, 0.29) is 66.1 Å². The number of hydrogen-bond donors (Lipinski definition) is 4. The predicted molar refractivity (Wildman–Crippen MR) is 202 cm³/mol. The van der Waals surface area contributed by atoms with E-state index in [4.69, 9.17) is 15.1 Å². The summed E-state index contributed by atoms with van der Waals surface area (Å²) in [6.07, 6.45) is -0.641. The highest BCUT2D eigenvalue weighted by Gasteiger charge is 2.40. The summed E-state index contributed by atoms with van der Waals surface area (Å²) in [5.41, 5.74) is 1.45. The van der Waals surface area contributed by atoms with Gasteiger partial charge >= 0.3 is 12.1 Å². The lowest BCUT2D eigenvalue weighted by molar-refractivity contribution is -0.144. The fraction of sp³-hybridized carbons (Fsp3) is 0.474. The smallest absolute Gasteiger partial charge is 0.451 e. The lowest BCUT2D eigenvalue weighted by atomic mass is 9.91. The van der Waals surface area contributed by atoms with E-state index in [1.54, 1.807) is 21.9 Å². The van der Waals surface area contributed by atoms with Gasteiger partial charge in [-0.05, 0) is 86.4 Å². The van der Waals surface area contributed by atoms with E-state index in [0.29, 0.717) is 70.3 Å². The molecule has 306 valence electrons. The van der Waals surface area contributed by atoms with Crippen LogP contribution in [0.5, 0.6) is 0 Å². The molecule has 0 spiro atoms. The molecule has 57 heavy (non-hydrogen) atoms. The third-order valence-corrected chi connectivity index (χ3v) is 11.3. The van der Waals surface area contributed by atoms with Gasteiger partial charge in [0.2, 0.25) is 27.7 Å². The Hall–Kier alpha value is -5.32. The number of carbonyl (C=O) groups excluding carboxylic acids is 2. The van der Waals surface area contributed by atoms with Gasteiger partial charge in [-0.2, -0.15) is 18.4 Å². The predicted octanol–water partition coefficient (Wildman–Crippen LogP) is 3.50. The van der Waals surface area contributed by atoms with Crippen LogP contribution < -0.4 is 25.2 Å². The van der Waals surface area contributed by atoms with Crippen LogP contribution in [0.4, 0.5) is 24.8 Å². The zero-order chi connectivity index (χ0) is 41.0. The summed E-state index contributed by atoms with van der Waals surface area (Å²) in [6, 6.07) is 14.7. The number of carboxylic acids is 1. The van der Waals surface area contributed by atoms with E-state index in [1.165, 1.54) is 30.3 Å². The molecule has 1 aromatic heterocycles. The maximum absolute atomic E-state index is 13.9. The molecule has 0 radical (unpaired) electrons. The molecule has 2 aromatic carbocycles. The Morgan fingerprint density at radius 2 is 1.60 bits per heavy atom. The van der Waals surface area contributed by atoms with Crippen LogP contribution in [0.15, 0.2) is 59.5 Å². The summed E-state index contributed by atoms with van der Waals surface area (Å²) in [6.45, 7) is 2.14. The van der Waals surface area contributed by atoms with Crippen molar-refractivity contribution in [3.05, 3.63) is 77.1 Å². The monoisotopic (exact) mass is 814 g/mol. The summed E-state index contributed by atoms with van der Waals surface area (Å²) in [5.74, 6) is -2.37. The Bertz CT molecular complexity index is 2000. The second-order valence-electron chi connectivity index (χ2n) is 13.8. The molecule has 3 aromatic rings. The molecule has 0 aliphatic carbocycles. The molecule has 5 rings (SSSR count). The second-order valence-corrected chi connectivity index (χ2v) is 15.5. The fourth-order valence-corrected chi connectivity index (χ4v) is 7.56. The minimum absolute atomic E-state index is 0.0149. The van der Waals surface area contributed by atoms with Crippen LogP contribution in [0, 0.1) is 17.2 Å². The number of hydrogen-bond acceptors (Lipinski definition) is 11. The molecule has 4 N–H and O–H groups in total. The van der Waals surface area contributed by atoms with Gasteiger partial charge in [-0.3, -0.25) is 9.59 Å². The number of anilines is 2. The number of sulfonamides is 1. The highest BCUT2D eigenvalue weighted by atomic mass is 32.2. The van der Waals surface area contributed by atoms with Crippen molar-refractivity contribution >= 4 is 39.4 Å². The number of ether oxygens (including phenoxy) is 1. The maximum Gasteiger partial charge on any atom is 0.451 e. The van der Waals surface area contributed by atoms with Gasteiger partial charge in [0.15, 0.2) is 0 Å². The summed E-state index contributed by atoms with van der Waals surface area (Å²) in [4.78, 5) is 47.2. The van der Waals surface area contributed by atoms with Crippen molar-refractivity contribution in [1.29, 1.82) is 5.26 Å². The lowest BCUT2D eigenvalue weighted by Crippen LogP contribution is -2.57. The average Bonchev–Trinajstić information content (AvgIpc) is 3.17. The van der Waals surface area contributed by atoms with E-state index in [0.717, 1.165) is 12.0 Å². The van der Waals surface area contributed by atoms with Crippen molar-refractivity contribution in [3.63, 3.8) is 0 Å². The molecule has 19 heteroatoms. The molecule has 2 fully saturated rings. The maximum atomic E-state index is 13.9. The number of nitrogens with zero attached hydrogens (tertiary/aromatic N) is 5. The van der Waals surface area contributed by atoms with Crippen molar-refractivity contribution < 1.29 is 45.8 Å². The van der Waals surface area contributed by atoms with Gasteiger partial charge in [-0.25, -0.2) is 27.9 Å². The number of halogens is 3. The molecular weight excluding hydrogens is 770 g/mol. The number of nitrogens with one attached hydrogen (secondary N) is 3. The van der Waals surface area contributed by atoms with Crippen molar-refractivity contribution in [2.75, 3.05) is 62.3 Å². The van der Waals surface area contributed by atoms with Gasteiger partial charge in [0.05, 0.1) is 35.3 Å². The van der Waals surface area contributed by atoms with E-state index in [2.05, 4.69) is 31.4 Å². The van der Waals surface area contributed by atoms with Gasteiger partial charge in [0, 0.05) is 51.8 Å². The summed E-state index contributed by atoms with van der Waals surface area (Å²) >= 11 is 0. The van der Waals surface area contributed by atoms with Gasteiger partial charge < -0.3 is 30.3 Å². The number of benzene rings is 2. The molecule has 15 nitrogen and oxygen atoms in total. The van der Waals surface area contributed by atoms with Crippen LogP contribution in [0.3, 0.4) is 0 Å². The largest absolute Gasteiger partial charge is 0.478 e. The van der Waals surface area contributed by atoms with Crippen molar-refractivity contribution in [3.8, 4) is 6.07 Å². The first-order valence-electron chi connectivity index (χ1n) is 18.7. The fourth-order valence-electron chi connectivity index (χ4n) is 6.55. The van der Waals surface area contributed by atoms with Crippen LogP contribution in [-0.2, 0) is 36.9 Å². The van der Waals surface area contributed by atoms with Crippen LogP contribution in [0.1, 0.15) is 65.8 Å². The third-order valence-electron chi connectivity index (χ3n) is 9.84. The Morgan fingerprint density at radius 1 is 0.912 bits per heavy atom. The lowest BCUT2D eigenvalue weighted by Gasteiger charge is -2.41. The van der Waals surface area contributed by atoms with Crippen LogP contribution >= 0.6 is 0 Å². The topological polar surface area (TPSA) is 207 Å². The number of carbonyl (C=O) groups is 3. The van der Waals surface area contributed by atoms with E-state index in [1.807, 2.05) is 12.1 Å². The number of rotatable bonds is 19. The quantitative estimate of drug-likeness (QED) is 0.128. The number of carboxylic acid groups (broad SMARTS) is 1. The van der Waals surface area contributed by atoms with Crippen LogP contribution in [-0.4, -0.2) is 99.8 Å². The van der Waals surface area contributed by atoms with Gasteiger partial charge in [-0.1, -0.05) is 12.1 Å². The standard InChI is InChI=1S/C38H45F3N8O7S/c39-38(40,41)37-46-32(24-33(47-37)49-21-15-31(49)35(51)44-16-12-27-4-6-28(25-42)7-5-27)48-19-13-26(14-20-48)2-1-3-34(50)43-17-22-56-23-18-45-57(54,55)30-10-8-29(9-11-30)36(52)53/h4-11,24,26,31,45H,1-3,12-23H2,(H,43,50)(H,44,51)(H,52,53)/t31-/m0/s1. The molecule has 0 saturated carbocycles. The SMILES string of the molecule is N#Cc1ccc(CCNC(=O)[C@@H]2CCN2c2cc(N3CCC(CCCC(=O)NCCOCCNS(=O)(=O)c4ccc(C(=O)O)cc4)CC3)nc(C(F)(F)F)n2)cc1. The zero-order valence-corrected chi connectivity index (χ0v) is 31.9. The average molecular weight is 815 g/mol. The number of amides is 2. The van der Waals surface area contributed by atoms with E-state index >= 15 is 0 Å². The summed E-state index contributed by atoms with van der Waals surface area (Å²) in [7, 11) is -3.83. The number of aromatic nitrogens is 2. The van der Waals surface area contributed by atoms with E-state index in [9.17, 15) is 36.0 Å². The van der Waals surface area contributed by atoms with Crippen molar-refractivity contribution in [1.82, 2.24) is 25.3 Å². The summed E-state index contributed by atoms with van der Waals surface area (Å²) in [5, 5.41) is 23.5. The highest BCUT2D eigenvalue weighted by Crippen LogP contribution is 2.34. The molecular formula is C38H45F3N8O7S. The number of alkyl halides is 3. The minimum atomic E-state index is -4.78. The zero-order valence-electron chi connectivity index (χ0n) is 31.1. The van der Waals surface area contributed by atoms with Crippen LogP contribution in [0.25, 0.3) is 0 Å². The Balaban J connectivity index is 0.991. The molecule has 0 bridgehead atoms. The van der Waals surface area contributed by atoms with Gasteiger partial charge in [-0.15, -0.1) is 0 Å². The Morgan fingerprint density at radius 3 is 2.23 bits per heavy atom. The minimum Gasteiger partial charge on any atom is -0.478 e. The first-order valence-corrected chi connectivity index (χ1v) is 20.1. The molecule has 1 atom stereocenters. The first-order chi connectivity index (χ1) is 27.2. The van der Waals surface area contributed by atoms with Gasteiger partial charge in [0.1, 0.15) is 17.7 Å². The second kappa shape index (κ2) is 19.7. The molecule has 2 aliphatic rings. The molecule has 0 unspecified atom stereocenters. The molecule has 3 heterocycles. The molecule has 2 aliphatic heterocycles. The Labute approximate surface area is 328 Å². The van der Waals surface area contributed by atoms with E-state index < -0.39 is 34.0 Å². The molecule has 2 amide bonds. The number of aromatic carboxylic acids is 1.